The maximum absolute atomic E-state index is 12.8. The summed E-state index contributed by atoms with van der Waals surface area (Å²) >= 11 is 0. The summed E-state index contributed by atoms with van der Waals surface area (Å²) in [4.78, 5) is 25.4. The molecule has 0 heterocycles. The highest BCUT2D eigenvalue weighted by Gasteiger charge is 2.17. The minimum absolute atomic E-state index is 0.0903. The highest BCUT2D eigenvalue weighted by Crippen LogP contribution is 2.16. The summed E-state index contributed by atoms with van der Waals surface area (Å²) in [5.74, 6) is -0.384. The fourth-order valence-corrected chi connectivity index (χ4v) is 7.95. The maximum Gasteiger partial charge on any atom is 0.306 e. The fourth-order valence-electron chi connectivity index (χ4n) is 7.95. The van der Waals surface area contributed by atoms with Gasteiger partial charge in [-0.3, -0.25) is 9.59 Å². The summed E-state index contributed by atoms with van der Waals surface area (Å²) in [5, 5.41) is 0. The Morgan fingerprint density at radius 1 is 0.367 bits per heavy atom. The third-order valence-electron chi connectivity index (χ3n) is 12.0. The largest absolute Gasteiger partial charge is 0.462 e. The number of carbonyl (C=O) groups is 2. The van der Waals surface area contributed by atoms with E-state index in [1.54, 1.807) is 0 Å². The van der Waals surface area contributed by atoms with Crippen molar-refractivity contribution in [3.63, 3.8) is 0 Å². The van der Waals surface area contributed by atoms with E-state index in [2.05, 4.69) is 45.1 Å². The predicted octanol–water partition coefficient (Wildman–Crippen LogP) is 18.0. The molecule has 0 radical (unpaired) electrons. The topological polar surface area (TPSA) is 61.8 Å². The lowest BCUT2D eigenvalue weighted by atomic mass is 10.0. The summed E-state index contributed by atoms with van der Waals surface area (Å²) in [5.41, 5.74) is 0. The molecule has 5 nitrogen and oxygen atoms in total. The molecule has 0 aromatic carbocycles. The van der Waals surface area contributed by atoms with Gasteiger partial charge in [-0.15, -0.1) is 0 Å². The van der Waals surface area contributed by atoms with Gasteiger partial charge in [0.1, 0.15) is 6.61 Å². The van der Waals surface area contributed by atoms with Crippen LogP contribution in [0.15, 0.2) is 24.3 Å². The molecule has 0 bridgehead atoms. The number of ether oxygens (including phenoxy) is 3. The Morgan fingerprint density at radius 3 is 1.13 bits per heavy atom. The molecule has 0 saturated heterocycles. The van der Waals surface area contributed by atoms with Crippen LogP contribution in [0.25, 0.3) is 0 Å². The summed E-state index contributed by atoms with van der Waals surface area (Å²) in [7, 11) is 0. The second-order valence-electron chi connectivity index (χ2n) is 18.1. The zero-order valence-corrected chi connectivity index (χ0v) is 40.7. The van der Waals surface area contributed by atoms with Crippen molar-refractivity contribution < 1.29 is 23.8 Å². The highest BCUT2D eigenvalue weighted by molar-refractivity contribution is 5.70. The van der Waals surface area contributed by atoms with Crippen LogP contribution < -0.4 is 0 Å². The Bertz CT molecular complexity index is 913. The first kappa shape index (κ1) is 58.4. The molecule has 1 unspecified atom stereocenters. The highest BCUT2D eigenvalue weighted by atomic mass is 16.6. The summed E-state index contributed by atoms with van der Waals surface area (Å²) in [6, 6.07) is 0. The van der Waals surface area contributed by atoms with Crippen molar-refractivity contribution in [1.29, 1.82) is 0 Å². The van der Waals surface area contributed by atoms with Crippen molar-refractivity contribution in [2.75, 3.05) is 19.8 Å². The van der Waals surface area contributed by atoms with Gasteiger partial charge < -0.3 is 14.2 Å². The van der Waals surface area contributed by atoms with Gasteiger partial charge in [0.05, 0.1) is 6.61 Å². The molecule has 0 aromatic rings. The van der Waals surface area contributed by atoms with Gasteiger partial charge in [0.2, 0.25) is 0 Å². The van der Waals surface area contributed by atoms with Crippen LogP contribution in [-0.2, 0) is 23.8 Å². The second-order valence-corrected chi connectivity index (χ2v) is 18.1. The van der Waals surface area contributed by atoms with Gasteiger partial charge in [0.25, 0.3) is 0 Å². The smallest absolute Gasteiger partial charge is 0.306 e. The van der Waals surface area contributed by atoms with Gasteiger partial charge in [-0.1, -0.05) is 251 Å². The SMILES string of the molecule is CCCCC/C=C\C/C=C\CCCCCCCCCCCC(=O)OCC(COCCCCCCCCCC)OC(=O)CCCCCCCCCCCCCCCCCCC. The quantitative estimate of drug-likeness (QED) is 0.0347. The van der Waals surface area contributed by atoms with Crippen LogP contribution in [0, 0.1) is 0 Å². The third-order valence-corrected chi connectivity index (χ3v) is 12.0. The van der Waals surface area contributed by atoms with Gasteiger partial charge in [-0.25, -0.2) is 0 Å². The number of rotatable bonds is 50. The molecule has 1 atom stereocenters. The average molecular weight is 845 g/mol. The number of unbranched alkanes of at least 4 members (excludes halogenated alkanes) is 35. The first-order chi connectivity index (χ1) is 29.6. The van der Waals surface area contributed by atoms with Crippen molar-refractivity contribution in [1.82, 2.24) is 0 Å². The van der Waals surface area contributed by atoms with E-state index in [4.69, 9.17) is 14.2 Å². The van der Waals surface area contributed by atoms with Crippen LogP contribution in [0.3, 0.4) is 0 Å². The lowest BCUT2D eigenvalue weighted by molar-refractivity contribution is -0.163. The molecule has 0 aliphatic heterocycles. The van der Waals surface area contributed by atoms with Gasteiger partial charge in [-0.2, -0.15) is 0 Å². The number of allylic oxidation sites excluding steroid dienone is 4. The Labute approximate surface area is 375 Å². The number of hydrogen-bond acceptors (Lipinski definition) is 5. The summed E-state index contributed by atoms with van der Waals surface area (Å²) < 4.78 is 17.4. The zero-order chi connectivity index (χ0) is 43.5. The summed E-state index contributed by atoms with van der Waals surface area (Å²) in [6.45, 7) is 7.84. The van der Waals surface area contributed by atoms with Crippen LogP contribution in [0.5, 0.6) is 0 Å². The van der Waals surface area contributed by atoms with Gasteiger partial charge in [-0.05, 0) is 51.4 Å². The monoisotopic (exact) mass is 845 g/mol. The van der Waals surface area contributed by atoms with Crippen molar-refractivity contribution in [3.8, 4) is 0 Å². The van der Waals surface area contributed by atoms with Crippen molar-refractivity contribution in [2.45, 2.75) is 297 Å². The first-order valence-electron chi connectivity index (χ1n) is 26.9. The zero-order valence-electron chi connectivity index (χ0n) is 40.7. The molecule has 0 aliphatic rings. The number of carbonyl (C=O) groups excluding carboxylic acids is 2. The molecule has 60 heavy (non-hydrogen) atoms. The average Bonchev–Trinajstić information content (AvgIpc) is 3.25. The molecular weight excluding hydrogens is 741 g/mol. The second kappa shape index (κ2) is 51.7. The van der Waals surface area contributed by atoms with E-state index in [0.29, 0.717) is 26.1 Å². The fraction of sp³-hybridized carbons (Fsp3) is 0.891. The molecule has 0 aliphatic carbocycles. The minimum atomic E-state index is -0.528. The van der Waals surface area contributed by atoms with Gasteiger partial charge in [0.15, 0.2) is 6.10 Å². The number of esters is 2. The first-order valence-corrected chi connectivity index (χ1v) is 26.9. The van der Waals surface area contributed by atoms with E-state index in [1.807, 2.05) is 0 Å². The lowest BCUT2D eigenvalue weighted by Gasteiger charge is -2.18. The minimum Gasteiger partial charge on any atom is -0.462 e. The standard InChI is InChI=1S/C55H104O5/c1-4-7-10-13-16-19-21-23-25-27-28-30-31-33-35-37-39-42-45-48-54(56)59-52-53(51-58-50-47-44-41-18-15-12-9-6-3)60-55(57)49-46-43-40-38-36-34-32-29-26-24-22-20-17-14-11-8-5-2/h16,19,23,25,53H,4-15,17-18,20-22,24,26-52H2,1-3H3/b19-16-,25-23-. The Balaban J connectivity index is 4.09. The van der Waals surface area contributed by atoms with E-state index in [1.165, 1.54) is 218 Å². The van der Waals surface area contributed by atoms with Crippen LogP contribution in [0.2, 0.25) is 0 Å². The van der Waals surface area contributed by atoms with Crippen LogP contribution in [0.1, 0.15) is 290 Å². The maximum atomic E-state index is 12.8. The molecule has 0 N–H and O–H groups in total. The molecule has 5 heteroatoms. The molecule has 0 aromatic heterocycles. The molecule has 0 rings (SSSR count). The Morgan fingerprint density at radius 2 is 0.700 bits per heavy atom. The van der Waals surface area contributed by atoms with E-state index >= 15 is 0 Å². The Hall–Kier alpha value is -1.62. The van der Waals surface area contributed by atoms with Crippen LogP contribution in [0.4, 0.5) is 0 Å². The normalized spacial score (nSPS) is 12.2. The number of hydrogen-bond donors (Lipinski definition) is 0. The van der Waals surface area contributed by atoms with Crippen LogP contribution in [-0.4, -0.2) is 37.9 Å². The molecule has 0 spiro atoms. The molecule has 0 amide bonds. The predicted molar refractivity (Wildman–Crippen MR) is 261 cm³/mol. The van der Waals surface area contributed by atoms with E-state index in [-0.39, 0.29) is 18.5 Å². The molecule has 0 saturated carbocycles. The molecular formula is C55H104O5. The van der Waals surface area contributed by atoms with Crippen LogP contribution >= 0.6 is 0 Å². The van der Waals surface area contributed by atoms with E-state index < -0.39 is 6.10 Å². The van der Waals surface area contributed by atoms with E-state index in [0.717, 1.165) is 38.5 Å². The van der Waals surface area contributed by atoms with Crippen molar-refractivity contribution in [3.05, 3.63) is 24.3 Å². The Kier molecular flexibility index (Phi) is 50.3. The molecule has 354 valence electrons. The summed E-state index contributed by atoms with van der Waals surface area (Å²) in [6.07, 6.45) is 60.5. The lowest BCUT2D eigenvalue weighted by Crippen LogP contribution is -2.30. The third kappa shape index (κ3) is 49.0. The van der Waals surface area contributed by atoms with Gasteiger partial charge in [0, 0.05) is 19.4 Å². The van der Waals surface area contributed by atoms with Gasteiger partial charge >= 0.3 is 11.9 Å². The van der Waals surface area contributed by atoms with E-state index in [9.17, 15) is 9.59 Å². The molecule has 0 fully saturated rings. The van der Waals surface area contributed by atoms with Crippen molar-refractivity contribution in [2.24, 2.45) is 0 Å². The van der Waals surface area contributed by atoms with Crippen molar-refractivity contribution >= 4 is 11.9 Å².